The van der Waals surface area contributed by atoms with Gasteiger partial charge in [0.2, 0.25) is 0 Å². The number of rotatable bonds is 5. The molecule has 0 amide bonds. The Labute approximate surface area is 101 Å². The van der Waals surface area contributed by atoms with Gasteiger partial charge in [-0.05, 0) is 37.1 Å². The average molecular weight is 244 g/mol. The van der Waals surface area contributed by atoms with Gasteiger partial charge in [0.05, 0.1) is 0 Å². The SMILES string of the molecule is CCC(CC)(CN)Sc1ccc(Cl)cc1. The molecule has 2 N–H and O–H groups in total. The molecule has 0 saturated carbocycles. The summed E-state index contributed by atoms with van der Waals surface area (Å²) in [5.74, 6) is 0. The highest BCUT2D eigenvalue weighted by Crippen LogP contribution is 2.37. The second-order valence-electron chi connectivity index (χ2n) is 3.65. The number of nitrogens with two attached hydrogens (primary N) is 1. The second-order valence-corrected chi connectivity index (χ2v) is 5.63. The molecule has 0 radical (unpaired) electrons. The highest BCUT2D eigenvalue weighted by Gasteiger charge is 2.25. The number of halogens is 1. The Balaban J connectivity index is 2.78. The maximum absolute atomic E-state index is 5.86. The van der Waals surface area contributed by atoms with Gasteiger partial charge in [-0.25, -0.2) is 0 Å². The van der Waals surface area contributed by atoms with Crippen molar-refractivity contribution in [3.05, 3.63) is 29.3 Å². The molecule has 1 aromatic carbocycles. The van der Waals surface area contributed by atoms with E-state index in [4.69, 9.17) is 17.3 Å². The van der Waals surface area contributed by atoms with Crippen LogP contribution in [-0.2, 0) is 0 Å². The molecule has 1 rings (SSSR count). The normalized spacial score (nSPS) is 11.7. The molecule has 0 unspecified atom stereocenters. The van der Waals surface area contributed by atoms with Gasteiger partial charge in [0.15, 0.2) is 0 Å². The summed E-state index contributed by atoms with van der Waals surface area (Å²) in [6.07, 6.45) is 2.18. The minimum atomic E-state index is 0.174. The van der Waals surface area contributed by atoms with Gasteiger partial charge in [-0.1, -0.05) is 25.4 Å². The van der Waals surface area contributed by atoms with Crippen molar-refractivity contribution in [1.29, 1.82) is 0 Å². The predicted octanol–water partition coefficient (Wildman–Crippen LogP) is 3.95. The van der Waals surface area contributed by atoms with Gasteiger partial charge >= 0.3 is 0 Å². The molecule has 0 saturated heterocycles. The highest BCUT2D eigenvalue weighted by atomic mass is 35.5. The molecule has 0 aliphatic rings. The van der Waals surface area contributed by atoms with Crippen molar-refractivity contribution in [2.75, 3.05) is 6.54 Å². The zero-order valence-corrected chi connectivity index (χ0v) is 10.9. The van der Waals surface area contributed by atoms with E-state index in [0.717, 1.165) is 17.9 Å². The quantitative estimate of drug-likeness (QED) is 0.793. The summed E-state index contributed by atoms with van der Waals surface area (Å²) in [6, 6.07) is 7.97. The molecule has 0 aliphatic carbocycles. The van der Waals surface area contributed by atoms with Crippen LogP contribution in [0.1, 0.15) is 26.7 Å². The van der Waals surface area contributed by atoms with E-state index in [1.807, 2.05) is 23.9 Å². The first-order valence-electron chi connectivity index (χ1n) is 5.30. The summed E-state index contributed by atoms with van der Waals surface area (Å²) >= 11 is 7.71. The molecule has 0 aliphatic heterocycles. The summed E-state index contributed by atoms with van der Waals surface area (Å²) in [4.78, 5) is 1.24. The van der Waals surface area contributed by atoms with Crippen molar-refractivity contribution in [1.82, 2.24) is 0 Å². The zero-order valence-electron chi connectivity index (χ0n) is 9.29. The Morgan fingerprint density at radius 2 is 1.73 bits per heavy atom. The van der Waals surface area contributed by atoms with Gasteiger partial charge in [0, 0.05) is 21.2 Å². The van der Waals surface area contributed by atoms with Crippen LogP contribution < -0.4 is 5.73 Å². The van der Waals surface area contributed by atoms with Crippen molar-refractivity contribution in [3.63, 3.8) is 0 Å². The van der Waals surface area contributed by atoms with Crippen LogP contribution in [-0.4, -0.2) is 11.3 Å². The molecule has 1 nitrogen and oxygen atoms in total. The van der Waals surface area contributed by atoms with Crippen LogP contribution in [0, 0.1) is 0 Å². The number of thioether (sulfide) groups is 1. The van der Waals surface area contributed by atoms with Gasteiger partial charge in [-0.15, -0.1) is 11.8 Å². The summed E-state index contributed by atoms with van der Waals surface area (Å²) in [5.41, 5.74) is 5.86. The standard InChI is InChI=1S/C12H18ClNS/c1-3-12(4-2,9-14)15-11-7-5-10(13)6-8-11/h5-8H,3-4,9,14H2,1-2H3. The van der Waals surface area contributed by atoms with E-state index < -0.39 is 0 Å². The van der Waals surface area contributed by atoms with Crippen LogP contribution in [0.5, 0.6) is 0 Å². The lowest BCUT2D eigenvalue weighted by Crippen LogP contribution is -2.32. The van der Waals surface area contributed by atoms with E-state index in [2.05, 4.69) is 26.0 Å². The Morgan fingerprint density at radius 1 is 1.20 bits per heavy atom. The predicted molar refractivity (Wildman–Crippen MR) is 69.7 cm³/mol. The van der Waals surface area contributed by atoms with E-state index in [1.165, 1.54) is 4.90 Å². The smallest absolute Gasteiger partial charge is 0.0406 e. The van der Waals surface area contributed by atoms with E-state index in [0.29, 0.717) is 6.54 Å². The molecular formula is C12H18ClNS. The molecule has 15 heavy (non-hydrogen) atoms. The average Bonchev–Trinajstić information content (AvgIpc) is 2.29. The Hall–Kier alpha value is -0.180. The van der Waals surface area contributed by atoms with Crippen LogP contribution in [0.15, 0.2) is 29.2 Å². The van der Waals surface area contributed by atoms with Crippen LogP contribution in [0.4, 0.5) is 0 Å². The zero-order chi connectivity index (χ0) is 11.3. The molecule has 0 atom stereocenters. The Kier molecular flexibility index (Phi) is 4.97. The summed E-state index contributed by atoms with van der Waals surface area (Å²) in [7, 11) is 0. The summed E-state index contributed by atoms with van der Waals surface area (Å²) < 4.78 is 0.174. The molecule has 84 valence electrons. The maximum atomic E-state index is 5.86. The lowest BCUT2D eigenvalue weighted by Gasteiger charge is -2.29. The maximum Gasteiger partial charge on any atom is 0.0406 e. The third kappa shape index (κ3) is 3.40. The summed E-state index contributed by atoms with van der Waals surface area (Å²) in [5, 5.41) is 0.783. The van der Waals surface area contributed by atoms with Crippen molar-refractivity contribution >= 4 is 23.4 Å². The van der Waals surface area contributed by atoms with Crippen LogP contribution in [0.3, 0.4) is 0 Å². The van der Waals surface area contributed by atoms with Crippen LogP contribution in [0.25, 0.3) is 0 Å². The third-order valence-corrected chi connectivity index (χ3v) is 4.75. The molecular weight excluding hydrogens is 226 g/mol. The van der Waals surface area contributed by atoms with Gasteiger partial charge in [0.1, 0.15) is 0 Å². The lowest BCUT2D eigenvalue weighted by molar-refractivity contribution is 0.558. The van der Waals surface area contributed by atoms with Crippen molar-refractivity contribution in [2.24, 2.45) is 5.73 Å². The molecule has 0 fully saturated rings. The fraction of sp³-hybridized carbons (Fsp3) is 0.500. The molecule has 0 spiro atoms. The Morgan fingerprint density at radius 3 is 2.13 bits per heavy atom. The van der Waals surface area contributed by atoms with Crippen molar-refractivity contribution in [2.45, 2.75) is 36.3 Å². The molecule has 0 aromatic heterocycles. The van der Waals surface area contributed by atoms with E-state index in [9.17, 15) is 0 Å². The fourth-order valence-electron chi connectivity index (χ4n) is 1.48. The first-order chi connectivity index (χ1) is 7.15. The monoisotopic (exact) mass is 243 g/mol. The number of hydrogen-bond acceptors (Lipinski definition) is 2. The number of hydrogen-bond donors (Lipinski definition) is 1. The fourth-order valence-corrected chi connectivity index (χ4v) is 2.75. The van der Waals surface area contributed by atoms with Gasteiger partial charge in [-0.2, -0.15) is 0 Å². The number of benzene rings is 1. The molecule has 3 heteroatoms. The van der Waals surface area contributed by atoms with Crippen molar-refractivity contribution < 1.29 is 0 Å². The third-order valence-electron chi connectivity index (χ3n) is 2.81. The minimum absolute atomic E-state index is 0.174. The first-order valence-corrected chi connectivity index (χ1v) is 6.50. The highest BCUT2D eigenvalue weighted by molar-refractivity contribution is 8.00. The first kappa shape index (κ1) is 12.9. The van der Waals surface area contributed by atoms with Crippen LogP contribution in [0.2, 0.25) is 5.02 Å². The lowest BCUT2D eigenvalue weighted by atomic mass is 10.0. The summed E-state index contributed by atoms with van der Waals surface area (Å²) in [6.45, 7) is 5.10. The minimum Gasteiger partial charge on any atom is -0.329 e. The van der Waals surface area contributed by atoms with Crippen LogP contribution >= 0.6 is 23.4 Å². The van der Waals surface area contributed by atoms with E-state index in [1.54, 1.807) is 0 Å². The molecule has 1 aromatic rings. The van der Waals surface area contributed by atoms with Gasteiger partial charge in [0.25, 0.3) is 0 Å². The largest absolute Gasteiger partial charge is 0.329 e. The van der Waals surface area contributed by atoms with Gasteiger partial charge in [-0.3, -0.25) is 0 Å². The van der Waals surface area contributed by atoms with Gasteiger partial charge < -0.3 is 5.73 Å². The van der Waals surface area contributed by atoms with E-state index >= 15 is 0 Å². The van der Waals surface area contributed by atoms with Crippen molar-refractivity contribution in [3.8, 4) is 0 Å². The van der Waals surface area contributed by atoms with E-state index in [-0.39, 0.29) is 4.75 Å². The molecule has 0 heterocycles. The Bertz CT molecular complexity index is 285. The topological polar surface area (TPSA) is 26.0 Å². The molecule has 0 bridgehead atoms. The second kappa shape index (κ2) is 5.78.